The third-order valence-electron chi connectivity index (χ3n) is 3.84. The Balaban J connectivity index is 1.93. The third-order valence-corrected chi connectivity index (χ3v) is 4.25. The molecule has 0 saturated heterocycles. The number of hydrogen-bond acceptors (Lipinski definition) is 4. The molecule has 0 amide bonds. The summed E-state index contributed by atoms with van der Waals surface area (Å²) in [6.07, 6.45) is 0. The van der Waals surface area contributed by atoms with Gasteiger partial charge in [-0.15, -0.1) is 0 Å². The van der Waals surface area contributed by atoms with Gasteiger partial charge in [-0.25, -0.2) is 4.98 Å². The van der Waals surface area contributed by atoms with Crippen LogP contribution in [0.4, 0.5) is 23.1 Å². The molecule has 3 aromatic rings. The van der Waals surface area contributed by atoms with E-state index in [9.17, 15) is 0 Å². The van der Waals surface area contributed by atoms with E-state index in [1.54, 1.807) is 0 Å². The van der Waals surface area contributed by atoms with Gasteiger partial charge in [0.15, 0.2) is 0 Å². The average molecular weight is 339 g/mol. The van der Waals surface area contributed by atoms with Crippen molar-refractivity contribution in [2.45, 2.75) is 13.8 Å². The van der Waals surface area contributed by atoms with Crippen LogP contribution < -0.4 is 10.2 Å². The monoisotopic (exact) mass is 338 g/mol. The fourth-order valence-electron chi connectivity index (χ4n) is 2.43. The maximum absolute atomic E-state index is 6.18. The number of halogens is 1. The van der Waals surface area contributed by atoms with E-state index in [4.69, 9.17) is 11.6 Å². The number of aromatic nitrogens is 2. The molecular weight excluding hydrogens is 320 g/mol. The lowest BCUT2D eigenvalue weighted by Crippen LogP contribution is -2.13. The fourth-order valence-corrected chi connectivity index (χ4v) is 2.60. The molecule has 1 aromatic heterocycles. The highest BCUT2D eigenvalue weighted by Crippen LogP contribution is 2.27. The maximum Gasteiger partial charge on any atom is 0.229 e. The van der Waals surface area contributed by atoms with E-state index in [0.29, 0.717) is 11.0 Å². The van der Waals surface area contributed by atoms with Gasteiger partial charge in [-0.1, -0.05) is 35.9 Å². The molecule has 0 aliphatic rings. The highest BCUT2D eigenvalue weighted by atomic mass is 35.5. The predicted molar refractivity (Wildman–Crippen MR) is 101 cm³/mol. The Labute approximate surface area is 147 Å². The van der Waals surface area contributed by atoms with Crippen LogP contribution in [0.2, 0.25) is 5.02 Å². The summed E-state index contributed by atoms with van der Waals surface area (Å²) in [5.74, 6) is 1.38. The molecule has 0 atom stereocenters. The lowest BCUT2D eigenvalue weighted by Gasteiger charge is -2.19. The Morgan fingerprint density at radius 1 is 0.958 bits per heavy atom. The summed E-state index contributed by atoms with van der Waals surface area (Å²) in [5, 5.41) is 3.98. The van der Waals surface area contributed by atoms with E-state index in [1.807, 2.05) is 80.4 Å². The molecule has 0 fully saturated rings. The Hall–Kier alpha value is -2.59. The zero-order valence-electron chi connectivity index (χ0n) is 13.9. The molecule has 1 heterocycles. The molecule has 1 N–H and O–H groups in total. The second kappa shape index (κ2) is 6.89. The Bertz CT molecular complexity index is 849. The number of benzene rings is 2. The first-order valence-electron chi connectivity index (χ1n) is 7.71. The smallest absolute Gasteiger partial charge is 0.229 e. The normalized spacial score (nSPS) is 10.5. The van der Waals surface area contributed by atoms with Gasteiger partial charge in [0.1, 0.15) is 5.82 Å². The molecule has 0 radical (unpaired) electrons. The van der Waals surface area contributed by atoms with Gasteiger partial charge in [0.25, 0.3) is 0 Å². The number of hydrogen-bond donors (Lipinski definition) is 1. The van der Waals surface area contributed by atoms with Crippen molar-refractivity contribution in [2.75, 3.05) is 17.3 Å². The summed E-state index contributed by atoms with van der Waals surface area (Å²) in [7, 11) is 1.99. The van der Waals surface area contributed by atoms with Crippen molar-refractivity contribution >= 4 is 34.7 Å². The topological polar surface area (TPSA) is 41.1 Å². The van der Waals surface area contributed by atoms with Crippen molar-refractivity contribution in [3.05, 3.63) is 70.9 Å². The highest BCUT2D eigenvalue weighted by molar-refractivity contribution is 6.31. The molecule has 0 unspecified atom stereocenters. The Kier molecular flexibility index (Phi) is 4.67. The molecule has 0 aliphatic heterocycles. The minimum absolute atomic E-state index is 0.554. The summed E-state index contributed by atoms with van der Waals surface area (Å²) in [4.78, 5) is 11.2. The number of para-hydroxylation sites is 1. The zero-order chi connectivity index (χ0) is 17.1. The number of nitrogens with zero attached hydrogens (tertiary/aromatic N) is 3. The minimum atomic E-state index is 0.554. The molecule has 0 bridgehead atoms. The number of aryl methyl sites for hydroxylation is 1. The summed E-state index contributed by atoms with van der Waals surface area (Å²) in [5.41, 5.74) is 3.84. The van der Waals surface area contributed by atoms with Gasteiger partial charge in [0.05, 0.1) is 0 Å². The molecule has 3 rings (SSSR count). The second-order valence-corrected chi connectivity index (χ2v) is 6.03. The molecule has 0 saturated carbocycles. The first-order valence-corrected chi connectivity index (χ1v) is 8.09. The lowest BCUT2D eigenvalue weighted by molar-refractivity contribution is 1.05. The van der Waals surface area contributed by atoms with Crippen LogP contribution in [0.15, 0.2) is 54.6 Å². The third kappa shape index (κ3) is 3.49. The van der Waals surface area contributed by atoms with Gasteiger partial charge in [0.2, 0.25) is 5.95 Å². The average Bonchev–Trinajstić information content (AvgIpc) is 2.58. The van der Waals surface area contributed by atoms with Gasteiger partial charge in [-0.2, -0.15) is 4.98 Å². The van der Waals surface area contributed by atoms with E-state index < -0.39 is 0 Å². The second-order valence-electron chi connectivity index (χ2n) is 5.62. The van der Waals surface area contributed by atoms with E-state index in [-0.39, 0.29) is 0 Å². The van der Waals surface area contributed by atoms with Crippen LogP contribution in [0.25, 0.3) is 0 Å². The van der Waals surface area contributed by atoms with E-state index >= 15 is 0 Å². The highest BCUT2D eigenvalue weighted by Gasteiger charge is 2.10. The van der Waals surface area contributed by atoms with Gasteiger partial charge in [-0.3, -0.25) is 0 Å². The molecule has 5 heteroatoms. The Morgan fingerprint density at radius 2 is 1.71 bits per heavy atom. The quantitative estimate of drug-likeness (QED) is 0.704. The van der Waals surface area contributed by atoms with Gasteiger partial charge in [0, 0.05) is 35.2 Å². The molecule has 24 heavy (non-hydrogen) atoms. The van der Waals surface area contributed by atoms with Crippen molar-refractivity contribution < 1.29 is 0 Å². The van der Waals surface area contributed by atoms with Gasteiger partial charge < -0.3 is 10.2 Å². The summed E-state index contributed by atoms with van der Waals surface area (Å²) in [6, 6.07) is 17.8. The standard InChI is InChI=1S/C19H19ClN4/c1-13-12-18(24(3)15-8-5-4-6-9-15)23-19(21-13)22-17-11-7-10-16(20)14(17)2/h4-12H,1-3H3,(H,21,22,23). The zero-order valence-corrected chi connectivity index (χ0v) is 14.7. The SMILES string of the molecule is Cc1cc(N(C)c2ccccc2)nc(Nc2cccc(Cl)c2C)n1. The fraction of sp³-hybridized carbons (Fsp3) is 0.158. The first kappa shape index (κ1) is 16.3. The van der Waals surface area contributed by atoms with Crippen LogP contribution in [-0.2, 0) is 0 Å². The number of nitrogens with one attached hydrogen (secondary N) is 1. The van der Waals surface area contributed by atoms with E-state index in [0.717, 1.165) is 28.5 Å². The largest absolute Gasteiger partial charge is 0.329 e. The molecule has 122 valence electrons. The van der Waals surface area contributed by atoms with Crippen LogP contribution in [0.1, 0.15) is 11.3 Å². The predicted octanol–water partition coefficient (Wildman–Crippen LogP) is 5.26. The van der Waals surface area contributed by atoms with Crippen LogP contribution >= 0.6 is 11.6 Å². The molecule has 4 nitrogen and oxygen atoms in total. The van der Waals surface area contributed by atoms with Crippen molar-refractivity contribution in [3.8, 4) is 0 Å². The lowest BCUT2D eigenvalue weighted by atomic mass is 10.2. The molecular formula is C19H19ClN4. The number of anilines is 4. The van der Waals surface area contributed by atoms with Crippen molar-refractivity contribution in [2.24, 2.45) is 0 Å². The maximum atomic E-state index is 6.18. The summed E-state index contributed by atoms with van der Waals surface area (Å²) < 4.78 is 0. The Morgan fingerprint density at radius 3 is 2.46 bits per heavy atom. The molecule has 2 aromatic carbocycles. The minimum Gasteiger partial charge on any atom is -0.329 e. The van der Waals surface area contributed by atoms with Gasteiger partial charge >= 0.3 is 0 Å². The number of rotatable bonds is 4. The van der Waals surface area contributed by atoms with Crippen LogP contribution in [0.3, 0.4) is 0 Å². The van der Waals surface area contributed by atoms with Crippen molar-refractivity contribution in [1.29, 1.82) is 0 Å². The van der Waals surface area contributed by atoms with Crippen molar-refractivity contribution in [1.82, 2.24) is 9.97 Å². The van der Waals surface area contributed by atoms with Crippen LogP contribution in [0, 0.1) is 13.8 Å². The van der Waals surface area contributed by atoms with Crippen LogP contribution in [0.5, 0.6) is 0 Å². The molecule has 0 spiro atoms. The summed E-state index contributed by atoms with van der Waals surface area (Å²) >= 11 is 6.18. The van der Waals surface area contributed by atoms with Crippen LogP contribution in [-0.4, -0.2) is 17.0 Å². The van der Waals surface area contributed by atoms with Gasteiger partial charge in [-0.05, 0) is 43.7 Å². The summed E-state index contributed by atoms with van der Waals surface area (Å²) in [6.45, 7) is 3.93. The molecule has 0 aliphatic carbocycles. The van der Waals surface area contributed by atoms with E-state index in [1.165, 1.54) is 0 Å². The van der Waals surface area contributed by atoms with Crippen molar-refractivity contribution in [3.63, 3.8) is 0 Å². The first-order chi connectivity index (χ1) is 11.5. The van der Waals surface area contributed by atoms with E-state index in [2.05, 4.69) is 15.3 Å².